The SMILES string of the molecule is CC(=O)N(C)C1OC(=O)[N+](F)(c2ccccc2)C1N1CCNCC1. The second kappa shape index (κ2) is 6.46. The first-order valence-electron chi connectivity index (χ1n) is 7.99. The van der Waals surface area contributed by atoms with Gasteiger partial charge in [-0.25, -0.2) is 4.90 Å². The maximum absolute atomic E-state index is 16.0. The molecule has 0 aliphatic carbocycles. The highest BCUT2D eigenvalue weighted by atomic mass is 19.2. The van der Waals surface area contributed by atoms with Crippen molar-refractivity contribution >= 4 is 17.7 Å². The topological polar surface area (TPSA) is 61.9 Å². The Hall–Kier alpha value is -2.03. The molecule has 8 heteroatoms. The normalized spacial score (nSPS) is 30.9. The lowest BCUT2D eigenvalue weighted by molar-refractivity contribution is -0.141. The number of quaternary nitrogens is 1. The fourth-order valence-corrected chi connectivity index (χ4v) is 3.24. The Balaban J connectivity index is 2.04. The third kappa shape index (κ3) is 2.66. The van der Waals surface area contributed by atoms with Gasteiger partial charge in [-0.05, 0) is 0 Å². The molecule has 2 saturated heterocycles. The van der Waals surface area contributed by atoms with E-state index >= 15 is 4.48 Å². The van der Waals surface area contributed by atoms with Crippen LogP contribution in [-0.4, -0.2) is 67.4 Å². The van der Waals surface area contributed by atoms with Crippen LogP contribution < -0.4 is 10.0 Å². The van der Waals surface area contributed by atoms with Gasteiger partial charge in [0.15, 0.2) is 5.69 Å². The zero-order chi connectivity index (χ0) is 17.3. The monoisotopic (exact) mass is 337 g/mol. The number of benzene rings is 1. The maximum Gasteiger partial charge on any atom is 0.565 e. The van der Waals surface area contributed by atoms with Crippen LogP contribution in [0.1, 0.15) is 6.92 Å². The smallest absolute Gasteiger partial charge is 0.384 e. The van der Waals surface area contributed by atoms with Crippen LogP contribution in [-0.2, 0) is 9.53 Å². The van der Waals surface area contributed by atoms with Crippen LogP contribution in [0.3, 0.4) is 0 Å². The zero-order valence-electron chi connectivity index (χ0n) is 13.8. The minimum absolute atomic E-state index is 0.200. The predicted molar refractivity (Wildman–Crippen MR) is 86.3 cm³/mol. The van der Waals surface area contributed by atoms with Gasteiger partial charge in [-0.2, -0.15) is 4.79 Å². The molecule has 24 heavy (non-hydrogen) atoms. The van der Waals surface area contributed by atoms with Crippen LogP contribution >= 0.6 is 0 Å². The molecule has 0 aromatic heterocycles. The summed E-state index contributed by atoms with van der Waals surface area (Å²) in [6.45, 7) is 3.89. The van der Waals surface area contributed by atoms with Crippen LogP contribution in [0.15, 0.2) is 30.3 Å². The highest BCUT2D eigenvalue weighted by Gasteiger charge is 2.66. The van der Waals surface area contributed by atoms with E-state index in [0.29, 0.717) is 26.2 Å². The lowest BCUT2D eigenvalue weighted by Gasteiger charge is -2.37. The summed E-state index contributed by atoms with van der Waals surface area (Å²) in [6, 6.07) is 8.24. The van der Waals surface area contributed by atoms with Gasteiger partial charge < -0.3 is 15.0 Å². The molecule has 1 N–H and O–H groups in total. The Kier molecular flexibility index (Phi) is 4.53. The van der Waals surface area contributed by atoms with Crippen LogP contribution in [0.5, 0.6) is 0 Å². The molecule has 0 bridgehead atoms. The molecule has 3 unspecified atom stereocenters. The first-order chi connectivity index (χ1) is 11.5. The Labute approximate surface area is 140 Å². The minimum atomic E-state index is -1.48. The average Bonchev–Trinajstić information content (AvgIpc) is 2.88. The fourth-order valence-electron chi connectivity index (χ4n) is 3.24. The third-order valence-corrected chi connectivity index (χ3v) is 4.64. The lowest BCUT2D eigenvalue weighted by atomic mass is 10.2. The zero-order valence-corrected chi connectivity index (χ0v) is 13.8. The molecule has 1 aromatic rings. The third-order valence-electron chi connectivity index (χ3n) is 4.64. The molecule has 0 radical (unpaired) electrons. The van der Waals surface area contributed by atoms with Crippen LogP contribution in [0.25, 0.3) is 0 Å². The quantitative estimate of drug-likeness (QED) is 0.836. The number of nitrogens with zero attached hydrogens (tertiary/aromatic N) is 3. The summed E-state index contributed by atoms with van der Waals surface area (Å²) in [7, 11) is 1.52. The van der Waals surface area contributed by atoms with E-state index in [4.69, 9.17) is 4.74 Å². The molecular formula is C16H22FN4O3+. The van der Waals surface area contributed by atoms with Gasteiger partial charge in [0.2, 0.25) is 5.91 Å². The van der Waals surface area contributed by atoms with Crippen molar-refractivity contribution in [3.63, 3.8) is 0 Å². The molecule has 3 rings (SSSR count). The average molecular weight is 337 g/mol. The first kappa shape index (κ1) is 16.8. The van der Waals surface area contributed by atoms with E-state index < -0.39 is 23.2 Å². The number of amides is 2. The Morgan fingerprint density at radius 1 is 1.33 bits per heavy atom. The Morgan fingerprint density at radius 2 is 1.96 bits per heavy atom. The van der Waals surface area contributed by atoms with E-state index in [0.717, 1.165) is 0 Å². The van der Waals surface area contributed by atoms with Gasteiger partial charge in [-0.1, -0.05) is 18.2 Å². The molecule has 2 amide bonds. The molecule has 130 valence electrons. The highest BCUT2D eigenvalue weighted by Crippen LogP contribution is 2.39. The van der Waals surface area contributed by atoms with E-state index in [-0.39, 0.29) is 11.6 Å². The lowest BCUT2D eigenvalue weighted by Crippen LogP contribution is -2.65. The number of hydrogen-bond acceptors (Lipinski definition) is 5. The Morgan fingerprint density at radius 3 is 2.54 bits per heavy atom. The van der Waals surface area contributed by atoms with E-state index in [9.17, 15) is 9.59 Å². The summed E-state index contributed by atoms with van der Waals surface area (Å²) in [6.07, 6.45) is -2.91. The van der Waals surface area contributed by atoms with E-state index in [1.54, 1.807) is 30.3 Å². The predicted octanol–water partition coefficient (Wildman–Crippen LogP) is 1.06. The van der Waals surface area contributed by atoms with E-state index in [2.05, 4.69) is 5.32 Å². The number of hydrogen-bond donors (Lipinski definition) is 1. The second-order valence-corrected chi connectivity index (χ2v) is 6.08. The van der Waals surface area contributed by atoms with Crippen LogP contribution in [0, 0.1) is 0 Å². The van der Waals surface area contributed by atoms with Gasteiger partial charge in [0.1, 0.15) is 0 Å². The summed E-state index contributed by atoms with van der Waals surface area (Å²) in [5.74, 6) is -0.283. The van der Waals surface area contributed by atoms with Crippen molar-refractivity contribution in [1.29, 1.82) is 0 Å². The van der Waals surface area contributed by atoms with Gasteiger partial charge in [0, 0.05) is 61.5 Å². The van der Waals surface area contributed by atoms with Crippen molar-refractivity contribution in [1.82, 2.24) is 19.8 Å². The molecule has 7 nitrogen and oxygen atoms in total. The summed E-state index contributed by atoms with van der Waals surface area (Å²) in [5.41, 5.74) is 0.200. The molecule has 2 fully saturated rings. The van der Waals surface area contributed by atoms with Gasteiger partial charge in [-0.3, -0.25) is 4.79 Å². The van der Waals surface area contributed by atoms with Crippen LogP contribution in [0.2, 0.25) is 0 Å². The number of piperazine rings is 1. The maximum atomic E-state index is 16.0. The molecule has 3 atom stereocenters. The number of likely N-dealkylation sites (N-methyl/N-ethyl adjacent to an activating group) is 1. The van der Waals surface area contributed by atoms with Crippen molar-refractivity contribution in [2.24, 2.45) is 0 Å². The van der Waals surface area contributed by atoms with Crippen molar-refractivity contribution in [3.8, 4) is 0 Å². The number of cyclic esters (lactones) is 1. The summed E-state index contributed by atoms with van der Waals surface area (Å²) >= 11 is 0. The number of nitrogens with one attached hydrogen (secondary N) is 1. The van der Waals surface area contributed by atoms with Gasteiger partial charge in [-0.15, -0.1) is 0 Å². The van der Waals surface area contributed by atoms with Gasteiger partial charge in [0.05, 0.1) is 0 Å². The number of rotatable bonds is 3. The molecule has 1 aromatic carbocycles. The van der Waals surface area contributed by atoms with E-state index in [1.165, 1.54) is 18.9 Å². The largest absolute Gasteiger partial charge is 0.565 e. The fraction of sp³-hybridized carbons (Fsp3) is 0.500. The number of halogens is 1. The molecular weight excluding hydrogens is 315 g/mol. The molecule has 0 saturated carbocycles. The number of carbonyl (C=O) groups is 2. The summed E-state index contributed by atoms with van der Waals surface area (Å²) in [5, 5.41) is 3.21. The number of carbonyl (C=O) groups excluding carboxylic acids is 2. The van der Waals surface area contributed by atoms with Gasteiger partial charge in [0.25, 0.3) is 12.4 Å². The van der Waals surface area contributed by atoms with Crippen molar-refractivity contribution in [3.05, 3.63) is 30.3 Å². The van der Waals surface area contributed by atoms with E-state index in [1.807, 2.05) is 4.90 Å². The molecule has 2 aliphatic heterocycles. The standard InChI is InChI=1S/C16H22FN4O3/c1-12(22)19(2)15-14(20-10-8-18-9-11-20)21(17,16(23)24-15)13-6-4-3-5-7-13/h3-7,14-15,18H,8-11H2,1-2H3/q+1. The van der Waals surface area contributed by atoms with Gasteiger partial charge >= 0.3 is 6.09 Å². The van der Waals surface area contributed by atoms with Crippen LogP contribution in [0.4, 0.5) is 15.0 Å². The second-order valence-electron chi connectivity index (χ2n) is 6.08. The number of ether oxygens (including phenoxy) is 1. The van der Waals surface area contributed by atoms with Crippen molar-refractivity contribution in [2.75, 3.05) is 33.2 Å². The minimum Gasteiger partial charge on any atom is -0.384 e. The highest BCUT2D eigenvalue weighted by molar-refractivity contribution is 5.84. The Bertz CT molecular complexity index is 623. The van der Waals surface area contributed by atoms with Crippen molar-refractivity contribution in [2.45, 2.75) is 19.3 Å². The first-order valence-corrected chi connectivity index (χ1v) is 7.99. The number of para-hydroxylation sites is 1. The van der Waals surface area contributed by atoms with Crippen molar-refractivity contribution < 1.29 is 18.8 Å². The summed E-state index contributed by atoms with van der Waals surface area (Å²) in [4.78, 5) is 27.4. The summed E-state index contributed by atoms with van der Waals surface area (Å²) < 4.78 is 19.9. The molecule has 0 spiro atoms. The molecule has 2 heterocycles. The molecule has 2 aliphatic rings.